The molecule has 2 aromatic carbocycles. The Labute approximate surface area is 231 Å². The Bertz CT molecular complexity index is 1530. The summed E-state index contributed by atoms with van der Waals surface area (Å²) >= 11 is 6.51. The minimum atomic E-state index is -0.671. The monoisotopic (exact) mass is 550 g/mol. The lowest BCUT2D eigenvalue weighted by Gasteiger charge is -2.34. The number of nitrogens with zero attached hydrogens (tertiary/aromatic N) is 3. The summed E-state index contributed by atoms with van der Waals surface area (Å²) in [4.78, 5) is 23.6. The van der Waals surface area contributed by atoms with Gasteiger partial charge in [0.1, 0.15) is 23.1 Å². The summed E-state index contributed by atoms with van der Waals surface area (Å²) in [7, 11) is 0. The van der Waals surface area contributed by atoms with E-state index in [1.807, 2.05) is 39.0 Å². The van der Waals surface area contributed by atoms with Crippen LogP contribution in [0.1, 0.15) is 33.6 Å². The molecule has 0 bridgehead atoms. The van der Waals surface area contributed by atoms with Crippen molar-refractivity contribution in [2.24, 2.45) is 0 Å². The summed E-state index contributed by atoms with van der Waals surface area (Å²) in [5, 5.41) is 4.65. The molecule has 1 fully saturated rings. The Kier molecular flexibility index (Phi) is 7.40. The molecule has 6 nitrogen and oxygen atoms in total. The van der Waals surface area contributed by atoms with Gasteiger partial charge < -0.3 is 15.0 Å². The second-order valence-corrected chi connectivity index (χ2v) is 11.0. The van der Waals surface area contributed by atoms with Crippen LogP contribution < -0.4 is 5.32 Å². The number of halogens is 3. The molecule has 0 unspecified atom stereocenters. The number of amides is 1. The molecular formula is C30H29ClF2N4O2. The maximum atomic E-state index is 15.0. The fourth-order valence-electron chi connectivity index (χ4n) is 4.75. The lowest BCUT2D eigenvalue weighted by molar-refractivity contribution is 0.0210. The molecule has 202 valence electrons. The van der Waals surface area contributed by atoms with Crippen LogP contribution in [0.3, 0.4) is 0 Å². The van der Waals surface area contributed by atoms with Crippen LogP contribution in [-0.4, -0.2) is 45.7 Å². The number of carbonyl (C=O) groups is 1. The molecule has 1 amide bonds. The van der Waals surface area contributed by atoms with Gasteiger partial charge in [-0.1, -0.05) is 29.8 Å². The highest BCUT2D eigenvalue weighted by Gasteiger charge is 2.27. The number of hydrogen-bond acceptors (Lipinski definition) is 5. The van der Waals surface area contributed by atoms with Gasteiger partial charge in [-0.05, 0) is 69.5 Å². The number of nitrogens with one attached hydrogen (secondary N) is 1. The smallest absolute Gasteiger partial charge is 0.410 e. The molecule has 1 saturated heterocycles. The van der Waals surface area contributed by atoms with Crippen LogP contribution in [0, 0.1) is 11.6 Å². The standard InChI is InChI=1S/C30H29ClF2N4O2/c1-30(2,3)39-29(38)37-14-11-19(12-15-37)35-26-17-23(20-9-8-18(32)16-25(20)33)21-10-13-34-27(28(21)36-26)22-6-4-5-7-24(22)31/h4-10,13,16-17,19H,11-12,14-15H2,1-3H3,(H,35,36). The molecule has 1 aliphatic rings. The third-order valence-corrected chi connectivity index (χ3v) is 6.91. The Balaban J connectivity index is 1.52. The highest BCUT2D eigenvalue weighted by molar-refractivity contribution is 6.33. The Morgan fingerprint density at radius 3 is 2.46 bits per heavy atom. The van der Waals surface area contributed by atoms with Gasteiger partial charge in [-0.15, -0.1) is 0 Å². The van der Waals surface area contributed by atoms with Crippen molar-refractivity contribution in [2.75, 3.05) is 18.4 Å². The van der Waals surface area contributed by atoms with Gasteiger partial charge in [0.05, 0.1) is 16.2 Å². The molecule has 4 aromatic rings. The van der Waals surface area contributed by atoms with Gasteiger partial charge in [0.2, 0.25) is 0 Å². The van der Waals surface area contributed by atoms with Crippen molar-refractivity contribution >= 4 is 34.4 Å². The Morgan fingerprint density at radius 1 is 1.03 bits per heavy atom. The summed E-state index contributed by atoms with van der Waals surface area (Å²) in [6.45, 7) is 6.60. The van der Waals surface area contributed by atoms with Crippen molar-refractivity contribution in [1.82, 2.24) is 14.9 Å². The first-order valence-electron chi connectivity index (χ1n) is 12.8. The van der Waals surface area contributed by atoms with Gasteiger partial charge in [0.15, 0.2) is 0 Å². The molecule has 0 atom stereocenters. The average molecular weight is 551 g/mol. The minimum absolute atomic E-state index is 0.0278. The lowest BCUT2D eigenvalue weighted by atomic mass is 9.98. The first-order valence-corrected chi connectivity index (χ1v) is 13.2. The zero-order chi connectivity index (χ0) is 27.7. The maximum Gasteiger partial charge on any atom is 0.410 e. The number of ether oxygens (including phenoxy) is 1. The SMILES string of the molecule is CC(C)(C)OC(=O)N1CCC(Nc2cc(-c3ccc(F)cc3F)c3ccnc(-c4ccccc4Cl)c3n2)CC1. The van der Waals surface area contributed by atoms with Crippen LogP contribution in [-0.2, 0) is 4.74 Å². The number of hydrogen-bond donors (Lipinski definition) is 1. The van der Waals surface area contributed by atoms with Crippen molar-refractivity contribution in [3.63, 3.8) is 0 Å². The number of rotatable bonds is 4. The molecule has 3 heterocycles. The second kappa shape index (κ2) is 10.8. The normalized spacial score (nSPS) is 14.5. The number of carbonyl (C=O) groups excluding carboxylic acids is 1. The summed E-state index contributed by atoms with van der Waals surface area (Å²) < 4.78 is 34.3. The molecule has 9 heteroatoms. The zero-order valence-electron chi connectivity index (χ0n) is 22.0. The van der Waals surface area contributed by atoms with Crippen LogP contribution in [0.5, 0.6) is 0 Å². The number of pyridine rings is 2. The van der Waals surface area contributed by atoms with Crippen molar-refractivity contribution in [3.8, 4) is 22.4 Å². The Morgan fingerprint density at radius 2 is 1.77 bits per heavy atom. The third kappa shape index (κ3) is 5.96. The highest BCUT2D eigenvalue weighted by Crippen LogP contribution is 2.37. The van der Waals surface area contributed by atoms with Crippen LogP contribution in [0.25, 0.3) is 33.3 Å². The van der Waals surface area contributed by atoms with Gasteiger partial charge in [-0.3, -0.25) is 4.98 Å². The highest BCUT2D eigenvalue weighted by atomic mass is 35.5. The predicted molar refractivity (Wildman–Crippen MR) is 150 cm³/mol. The fraction of sp³-hybridized carbons (Fsp3) is 0.300. The van der Waals surface area contributed by atoms with Gasteiger partial charge in [0, 0.05) is 47.9 Å². The van der Waals surface area contributed by atoms with E-state index in [4.69, 9.17) is 21.3 Å². The molecule has 1 aliphatic heterocycles. The topological polar surface area (TPSA) is 67.3 Å². The van der Waals surface area contributed by atoms with Gasteiger partial charge >= 0.3 is 6.09 Å². The summed E-state index contributed by atoms with van der Waals surface area (Å²) in [6, 6.07) is 14.4. The van der Waals surface area contributed by atoms with Crippen LogP contribution in [0.2, 0.25) is 5.02 Å². The van der Waals surface area contributed by atoms with E-state index in [0.29, 0.717) is 64.5 Å². The van der Waals surface area contributed by atoms with E-state index in [1.54, 1.807) is 29.3 Å². The largest absolute Gasteiger partial charge is 0.444 e. The number of likely N-dealkylation sites (tertiary alicyclic amines) is 1. The first kappa shape index (κ1) is 26.8. The van der Waals surface area contributed by atoms with Crippen LogP contribution in [0.15, 0.2) is 60.8 Å². The van der Waals surface area contributed by atoms with Gasteiger partial charge in [0.25, 0.3) is 0 Å². The predicted octanol–water partition coefficient (Wildman–Crippen LogP) is 7.71. The molecule has 0 spiro atoms. The quantitative estimate of drug-likeness (QED) is 0.282. The van der Waals surface area contributed by atoms with Gasteiger partial charge in [-0.25, -0.2) is 18.6 Å². The Hall–Kier alpha value is -3.78. The molecule has 5 rings (SSSR count). The van der Waals surface area contributed by atoms with Crippen molar-refractivity contribution in [2.45, 2.75) is 45.3 Å². The summed E-state index contributed by atoms with van der Waals surface area (Å²) in [6.07, 6.45) is 2.68. The number of fused-ring (bicyclic) bond motifs is 1. The molecular weight excluding hydrogens is 522 g/mol. The molecule has 39 heavy (non-hydrogen) atoms. The van der Waals surface area contributed by atoms with E-state index >= 15 is 4.39 Å². The number of anilines is 1. The lowest BCUT2D eigenvalue weighted by Crippen LogP contribution is -2.44. The second-order valence-electron chi connectivity index (χ2n) is 10.6. The molecule has 1 N–H and O–H groups in total. The van der Waals surface area contributed by atoms with Crippen molar-refractivity contribution in [1.29, 1.82) is 0 Å². The maximum absolute atomic E-state index is 15.0. The zero-order valence-corrected chi connectivity index (χ0v) is 22.7. The van der Waals surface area contributed by atoms with E-state index in [9.17, 15) is 9.18 Å². The summed E-state index contributed by atoms with van der Waals surface area (Å²) in [5.41, 5.74) is 2.06. The summed E-state index contributed by atoms with van der Waals surface area (Å²) in [5.74, 6) is -0.795. The third-order valence-electron chi connectivity index (χ3n) is 6.58. The molecule has 0 radical (unpaired) electrons. The number of aromatic nitrogens is 2. The van der Waals surface area contributed by atoms with E-state index < -0.39 is 17.2 Å². The first-order chi connectivity index (χ1) is 18.6. The minimum Gasteiger partial charge on any atom is -0.444 e. The fourth-order valence-corrected chi connectivity index (χ4v) is 4.97. The van der Waals surface area contributed by atoms with E-state index in [1.165, 1.54) is 12.1 Å². The molecule has 0 saturated carbocycles. The number of benzene rings is 2. The van der Waals surface area contributed by atoms with E-state index in [-0.39, 0.29) is 17.7 Å². The van der Waals surface area contributed by atoms with Crippen molar-refractivity contribution < 1.29 is 18.3 Å². The van der Waals surface area contributed by atoms with E-state index in [2.05, 4.69) is 10.3 Å². The average Bonchev–Trinajstić information content (AvgIpc) is 2.88. The van der Waals surface area contributed by atoms with E-state index in [0.717, 1.165) is 6.07 Å². The van der Waals surface area contributed by atoms with Gasteiger partial charge in [-0.2, -0.15) is 0 Å². The molecule has 2 aromatic heterocycles. The number of piperidine rings is 1. The molecule has 0 aliphatic carbocycles. The van der Waals surface area contributed by atoms with Crippen molar-refractivity contribution in [3.05, 3.63) is 77.5 Å². The van der Waals surface area contributed by atoms with Crippen LogP contribution in [0.4, 0.5) is 19.4 Å². The van der Waals surface area contributed by atoms with Crippen LogP contribution >= 0.6 is 11.6 Å².